The van der Waals surface area contributed by atoms with Crippen molar-refractivity contribution in [3.8, 4) is 0 Å². The summed E-state index contributed by atoms with van der Waals surface area (Å²) >= 11 is 0. The van der Waals surface area contributed by atoms with Crippen LogP contribution in [0.25, 0.3) is 0 Å². The molecule has 2 atom stereocenters. The van der Waals surface area contributed by atoms with E-state index < -0.39 is 0 Å². The zero-order valence-electron chi connectivity index (χ0n) is 11.6. The lowest BCUT2D eigenvalue weighted by atomic mass is 10.0. The summed E-state index contributed by atoms with van der Waals surface area (Å²) in [5.74, 6) is 0.930. The molecule has 0 bridgehead atoms. The molecule has 2 aliphatic rings. The van der Waals surface area contributed by atoms with Gasteiger partial charge in [0.15, 0.2) is 0 Å². The van der Waals surface area contributed by atoms with Crippen LogP contribution in [0.5, 0.6) is 0 Å². The van der Waals surface area contributed by atoms with E-state index in [-0.39, 0.29) is 0 Å². The van der Waals surface area contributed by atoms with Gasteiger partial charge in [0, 0.05) is 12.6 Å². The smallest absolute Gasteiger partial charge is 0.0107 e. The van der Waals surface area contributed by atoms with Gasteiger partial charge in [0.05, 0.1) is 0 Å². The van der Waals surface area contributed by atoms with E-state index in [1.165, 1.54) is 77.5 Å². The molecular weight excluding hydrogens is 208 g/mol. The van der Waals surface area contributed by atoms with Crippen molar-refractivity contribution in [2.45, 2.75) is 64.3 Å². The molecule has 2 nitrogen and oxygen atoms in total. The summed E-state index contributed by atoms with van der Waals surface area (Å²) in [5.41, 5.74) is 0. The van der Waals surface area contributed by atoms with Crippen molar-refractivity contribution in [3.05, 3.63) is 0 Å². The van der Waals surface area contributed by atoms with Crippen LogP contribution in [0.3, 0.4) is 0 Å². The fourth-order valence-electron chi connectivity index (χ4n) is 3.50. The Morgan fingerprint density at radius 3 is 2.47 bits per heavy atom. The Bertz CT molecular complexity index is 197. The highest BCUT2D eigenvalue weighted by molar-refractivity contribution is 4.85. The first-order chi connectivity index (χ1) is 8.40. The summed E-state index contributed by atoms with van der Waals surface area (Å²) in [4.78, 5) is 2.74. The molecule has 1 aliphatic carbocycles. The van der Waals surface area contributed by atoms with Gasteiger partial charge in [-0.3, -0.25) is 0 Å². The summed E-state index contributed by atoms with van der Waals surface area (Å²) in [7, 11) is 0. The molecule has 0 spiro atoms. The molecule has 0 aromatic rings. The molecule has 0 amide bonds. The lowest BCUT2D eigenvalue weighted by molar-refractivity contribution is 0.220. The van der Waals surface area contributed by atoms with Gasteiger partial charge in [0.1, 0.15) is 0 Å². The molecule has 1 N–H and O–H groups in total. The summed E-state index contributed by atoms with van der Waals surface area (Å²) in [5, 5.41) is 3.76. The average molecular weight is 238 g/mol. The topological polar surface area (TPSA) is 15.3 Å². The third kappa shape index (κ3) is 4.26. The predicted octanol–water partition coefficient (Wildman–Crippen LogP) is 3.03. The van der Waals surface area contributed by atoms with Gasteiger partial charge in [-0.05, 0) is 57.7 Å². The maximum Gasteiger partial charge on any atom is 0.0107 e. The van der Waals surface area contributed by atoms with Crippen molar-refractivity contribution in [1.29, 1.82) is 0 Å². The van der Waals surface area contributed by atoms with Crippen molar-refractivity contribution in [3.63, 3.8) is 0 Å². The molecule has 100 valence electrons. The van der Waals surface area contributed by atoms with Crippen LogP contribution < -0.4 is 5.32 Å². The zero-order chi connectivity index (χ0) is 11.9. The number of rotatable bonds is 5. The van der Waals surface area contributed by atoms with Gasteiger partial charge >= 0.3 is 0 Å². The normalized spacial score (nSPS) is 31.6. The standard InChI is InChI=1S/C15H30N2/c1-2-10-16-15-9-7-8-14(15)13-17-11-5-3-4-6-12-17/h14-16H,2-13H2,1H3. The Morgan fingerprint density at radius 2 is 1.76 bits per heavy atom. The van der Waals surface area contributed by atoms with Gasteiger partial charge in [-0.15, -0.1) is 0 Å². The Hall–Kier alpha value is -0.0800. The van der Waals surface area contributed by atoms with E-state index >= 15 is 0 Å². The first-order valence-electron chi connectivity index (χ1n) is 7.86. The molecule has 2 rings (SSSR count). The fraction of sp³-hybridized carbons (Fsp3) is 1.00. The number of hydrogen-bond acceptors (Lipinski definition) is 2. The Kier molecular flexibility index (Phi) is 5.79. The van der Waals surface area contributed by atoms with Gasteiger partial charge in [-0.25, -0.2) is 0 Å². The Balaban J connectivity index is 1.75. The van der Waals surface area contributed by atoms with E-state index in [0.29, 0.717) is 0 Å². The number of hydrogen-bond donors (Lipinski definition) is 1. The van der Waals surface area contributed by atoms with Crippen molar-refractivity contribution in [1.82, 2.24) is 10.2 Å². The molecule has 0 radical (unpaired) electrons. The number of nitrogens with zero attached hydrogens (tertiary/aromatic N) is 1. The van der Waals surface area contributed by atoms with Crippen LogP contribution >= 0.6 is 0 Å². The Labute approximate surface area is 107 Å². The van der Waals surface area contributed by atoms with Crippen molar-refractivity contribution < 1.29 is 0 Å². The van der Waals surface area contributed by atoms with E-state index in [4.69, 9.17) is 0 Å². The van der Waals surface area contributed by atoms with Crippen molar-refractivity contribution in [2.24, 2.45) is 5.92 Å². The summed E-state index contributed by atoms with van der Waals surface area (Å²) in [6.45, 7) is 7.56. The second-order valence-electron chi connectivity index (χ2n) is 5.97. The fourth-order valence-corrected chi connectivity index (χ4v) is 3.50. The first-order valence-corrected chi connectivity index (χ1v) is 7.86. The molecule has 0 aromatic carbocycles. The summed E-state index contributed by atoms with van der Waals surface area (Å²) < 4.78 is 0. The van der Waals surface area contributed by atoms with Crippen LogP contribution in [0.4, 0.5) is 0 Å². The predicted molar refractivity (Wildman–Crippen MR) is 74.3 cm³/mol. The minimum absolute atomic E-state index is 0.818. The van der Waals surface area contributed by atoms with Gasteiger partial charge in [0.25, 0.3) is 0 Å². The highest BCUT2D eigenvalue weighted by Gasteiger charge is 2.28. The van der Waals surface area contributed by atoms with E-state index in [1.807, 2.05) is 0 Å². The molecule has 2 heteroatoms. The molecular formula is C15H30N2. The van der Waals surface area contributed by atoms with E-state index in [0.717, 1.165) is 12.0 Å². The largest absolute Gasteiger partial charge is 0.314 e. The molecule has 2 fully saturated rings. The second-order valence-corrected chi connectivity index (χ2v) is 5.97. The van der Waals surface area contributed by atoms with Crippen LogP contribution in [-0.2, 0) is 0 Å². The first kappa shape index (κ1) is 13.4. The maximum absolute atomic E-state index is 3.76. The van der Waals surface area contributed by atoms with Crippen LogP contribution in [0, 0.1) is 5.92 Å². The lowest BCUT2D eigenvalue weighted by Crippen LogP contribution is -2.40. The third-order valence-electron chi connectivity index (χ3n) is 4.51. The molecule has 2 unspecified atom stereocenters. The van der Waals surface area contributed by atoms with Crippen molar-refractivity contribution in [2.75, 3.05) is 26.2 Å². The van der Waals surface area contributed by atoms with Crippen LogP contribution in [-0.4, -0.2) is 37.1 Å². The van der Waals surface area contributed by atoms with E-state index in [2.05, 4.69) is 17.1 Å². The minimum Gasteiger partial charge on any atom is -0.314 e. The SMILES string of the molecule is CCCNC1CCCC1CN1CCCCCC1. The third-order valence-corrected chi connectivity index (χ3v) is 4.51. The van der Waals surface area contributed by atoms with Crippen LogP contribution in [0.1, 0.15) is 58.3 Å². The summed E-state index contributed by atoms with van der Waals surface area (Å²) in [6.07, 6.45) is 11.4. The number of likely N-dealkylation sites (tertiary alicyclic amines) is 1. The van der Waals surface area contributed by atoms with E-state index in [9.17, 15) is 0 Å². The van der Waals surface area contributed by atoms with Gasteiger partial charge in [-0.1, -0.05) is 26.2 Å². The monoisotopic (exact) mass is 238 g/mol. The maximum atomic E-state index is 3.76. The van der Waals surface area contributed by atoms with E-state index in [1.54, 1.807) is 0 Å². The molecule has 1 saturated carbocycles. The Morgan fingerprint density at radius 1 is 1.00 bits per heavy atom. The summed E-state index contributed by atoms with van der Waals surface area (Å²) in [6, 6.07) is 0.818. The highest BCUT2D eigenvalue weighted by atomic mass is 15.1. The minimum atomic E-state index is 0.818. The van der Waals surface area contributed by atoms with Gasteiger partial charge in [0.2, 0.25) is 0 Å². The quantitative estimate of drug-likeness (QED) is 0.792. The molecule has 17 heavy (non-hydrogen) atoms. The molecule has 1 aliphatic heterocycles. The van der Waals surface area contributed by atoms with Crippen molar-refractivity contribution >= 4 is 0 Å². The van der Waals surface area contributed by atoms with Gasteiger partial charge in [-0.2, -0.15) is 0 Å². The lowest BCUT2D eigenvalue weighted by Gasteiger charge is -2.28. The highest BCUT2D eigenvalue weighted by Crippen LogP contribution is 2.27. The van der Waals surface area contributed by atoms with Crippen LogP contribution in [0.2, 0.25) is 0 Å². The van der Waals surface area contributed by atoms with Crippen LogP contribution in [0.15, 0.2) is 0 Å². The number of nitrogens with one attached hydrogen (secondary N) is 1. The second kappa shape index (κ2) is 7.38. The zero-order valence-corrected chi connectivity index (χ0v) is 11.6. The molecule has 1 heterocycles. The molecule has 0 aromatic heterocycles. The molecule has 1 saturated heterocycles. The van der Waals surface area contributed by atoms with Gasteiger partial charge < -0.3 is 10.2 Å². The average Bonchev–Trinajstić information content (AvgIpc) is 2.61.